The van der Waals surface area contributed by atoms with Crippen molar-refractivity contribution in [3.05, 3.63) is 83.3 Å². The molecular formula is C33H44N2O6. The first-order valence-corrected chi connectivity index (χ1v) is 14.4. The molecule has 8 heteroatoms. The van der Waals surface area contributed by atoms with Crippen molar-refractivity contribution < 1.29 is 28.2 Å². The molecular weight excluding hydrogens is 520 g/mol. The third-order valence-electron chi connectivity index (χ3n) is 7.10. The molecule has 0 atom stereocenters. The molecule has 0 spiro atoms. The average Bonchev–Trinajstić information content (AvgIpc) is 3.52. The largest absolute Gasteiger partial charge is 0.493 e. The fourth-order valence-electron chi connectivity index (χ4n) is 4.65. The maximum absolute atomic E-state index is 13.7. The van der Waals surface area contributed by atoms with Crippen molar-refractivity contribution in [3.8, 4) is 11.5 Å². The van der Waals surface area contributed by atoms with Crippen LogP contribution >= 0.6 is 0 Å². The highest BCUT2D eigenvalue weighted by Crippen LogP contribution is 2.28. The quantitative estimate of drug-likeness (QED) is 0.182. The Balaban J connectivity index is 1.71. The maximum atomic E-state index is 13.7. The molecule has 222 valence electrons. The summed E-state index contributed by atoms with van der Waals surface area (Å²) >= 11 is 0. The van der Waals surface area contributed by atoms with Crippen molar-refractivity contribution in [1.29, 1.82) is 0 Å². The molecule has 0 N–H and O–H groups in total. The molecule has 2 amide bonds. The number of carbonyl (C=O) groups is 2. The van der Waals surface area contributed by atoms with E-state index in [1.165, 1.54) is 24.8 Å². The molecule has 1 heterocycles. The molecule has 0 saturated heterocycles. The van der Waals surface area contributed by atoms with Crippen LogP contribution in [0.25, 0.3) is 0 Å². The Hall–Kier alpha value is -3.78. The van der Waals surface area contributed by atoms with Gasteiger partial charge in [-0.1, -0.05) is 44.4 Å². The van der Waals surface area contributed by atoms with Crippen LogP contribution in [0.5, 0.6) is 11.5 Å². The van der Waals surface area contributed by atoms with Crippen LogP contribution in [0, 0.1) is 0 Å². The van der Waals surface area contributed by atoms with Crippen LogP contribution < -0.4 is 9.47 Å². The van der Waals surface area contributed by atoms with Gasteiger partial charge in [0.25, 0.3) is 5.91 Å². The van der Waals surface area contributed by atoms with E-state index in [0.29, 0.717) is 55.5 Å². The number of nitrogens with zero attached hydrogens (tertiary/aromatic N) is 2. The monoisotopic (exact) mass is 564 g/mol. The number of unbranched alkanes of at least 4 members (excludes halogenated alkanes) is 3. The number of hydrogen-bond donors (Lipinski definition) is 0. The molecule has 0 fully saturated rings. The van der Waals surface area contributed by atoms with Crippen LogP contribution in [0.4, 0.5) is 0 Å². The molecule has 0 aliphatic carbocycles. The van der Waals surface area contributed by atoms with E-state index in [1.807, 2.05) is 48.5 Å². The molecule has 0 aliphatic rings. The SMILES string of the molecule is CCCCCCc1ccc(C(=O)N(CCOC)CC(=O)N(CCc2ccc(OC)c(OC)c2)Cc2ccco2)cc1. The molecule has 3 aromatic rings. The highest BCUT2D eigenvalue weighted by molar-refractivity contribution is 5.96. The Labute approximate surface area is 244 Å². The minimum Gasteiger partial charge on any atom is -0.493 e. The number of carbonyl (C=O) groups excluding carboxylic acids is 2. The number of methoxy groups -OCH3 is 3. The summed E-state index contributed by atoms with van der Waals surface area (Å²) < 4.78 is 21.6. The number of rotatable bonds is 18. The average molecular weight is 565 g/mol. The van der Waals surface area contributed by atoms with Gasteiger partial charge in [-0.3, -0.25) is 9.59 Å². The summed E-state index contributed by atoms with van der Waals surface area (Å²) in [5.41, 5.74) is 2.79. The second-order valence-corrected chi connectivity index (χ2v) is 10.1. The maximum Gasteiger partial charge on any atom is 0.254 e. The molecule has 0 radical (unpaired) electrons. The van der Waals surface area contributed by atoms with Gasteiger partial charge in [0.2, 0.25) is 5.91 Å². The molecule has 1 aromatic heterocycles. The summed E-state index contributed by atoms with van der Waals surface area (Å²) in [5.74, 6) is 1.61. The Morgan fingerprint density at radius 2 is 1.56 bits per heavy atom. The summed E-state index contributed by atoms with van der Waals surface area (Å²) in [6.45, 7) is 3.53. The van der Waals surface area contributed by atoms with Crippen LogP contribution in [0.15, 0.2) is 65.3 Å². The minimum atomic E-state index is -0.189. The summed E-state index contributed by atoms with van der Waals surface area (Å²) in [5, 5.41) is 0. The Morgan fingerprint density at radius 3 is 2.22 bits per heavy atom. The van der Waals surface area contributed by atoms with Crippen molar-refractivity contribution in [1.82, 2.24) is 9.80 Å². The van der Waals surface area contributed by atoms with E-state index >= 15 is 0 Å². The smallest absolute Gasteiger partial charge is 0.254 e. The minimum absolute atomic E-state index is 0.0619. The topological polar surface area (TPSA) is 81.5 Å². The molecule has 0 saturated carbocycles. The summed E-state index contributed by atoms with van der Waals surface area (Å²) in [6.07, 6.45) is 7.99. The van der Waals surface area contributed by atoms with Crippen LogP contribution in [0.3, 0.4) is 0 Å². The molecule has 41 heavy (non-hydrogen) atoms. The van der Waals surface area contributed by atoms with Crippen molar-refractivity contribution >= 4 is 11.8 Å². The molecule has 0 aliphatic heterocycles. The van der Waals surface area contributed by atoms with Crippen molar-refractivity contribution in [2.75, 3.05) is 47.6 Å². The predicted molar refractivity (Wildman–Crippen MR) is 159 cm³/mol. The zero-order valence-electron chi connectivity index (χ0n) is 24.9. The fourth-order valence-corrected chi connectivity index (χ4v) is 4.65. The van der Waals surface area contributed by atoms with E-state index < -0.39 is 0 Å². The lowest BCUT2D eigenvalue weighted by Gasteiger charge is -2.27. The van der Waals surface area contributed by atoms with Crippen molar-refractivity contribution in [2.24, 2.45) is 0 Å². The summed E-state index contributed by atoms with van der Waals surface area (Å²) in [7, 11) is 4.78. The van der Waals surface area contributed by atoms with E-state index in [9.17, 15) is 9.59 Å². The number of furan rings is 1. The van der Waals surface area contributed by atoms with E-state index in [-0.39, 0.29) is 18.4 Å². The van der Waals surface area contributed by atoms with Crippen LogP contribution in [0.1, 0.15) is 59.9 Å². The van der Waals surface area contributed by atoms with Gasteiger partial charge in [0.15, 0.2) is 11.5 Å². The second-order valence-electron chi connectivity index (χ2n) is 10.1. The van der Waals surface area contributed by atoms with Gasteiger partial charge >= 0.3 is 0 Å². The summed E-state index contributed by atoms with van der Waals surface area (Å²) in [6, 6.07) is 17.1. The van der Waals surface area contributed by atoms with E-state index in [0.717, 1.165) is 18.4 Å². The number of amides is 2. The lowest BCUT2D eigenvalue weighted by atomic mass is 10.0. The van der Waals surface area contributed by atoms with E-state index in [4.69, 9.17) is 18.6 Å². The van der Waals surface area contributed by atoms with Crippen LogP contribution in [-0.2, 0) is 28.9 Å². The van der Waals surface area contributed by atoms with Crippen molar-refractivity contribution in [3.63, 3.8) is 0 Å². The van der Waals surface area contributed by atoms with Gasteiger partial charge in [-0.05, 0) is 66.8 Å². The van der Waals surface area contributed by atoms with Gasteiger partial charge in [0, 0.05) is 25.8 Å². The predicted octanol–water partition coefficient (Wildman–Crippen LogP) is 5.78. The fraction of sp³-hybridized carbons (Fsp3) is 0.455. The van der Waals surface area contributed by atoms with E-state index in [1.54, 1.807) is 43.5 Å². The highest BCUT2D eigenvalue weighted by Gasteiger charge is 2.23. The van der Waals surface area contributed by atoms with Gasteiger partial charge in [0.05, 0.1) is 33.6 Å². The molecule has 0 unspecified atom stereocenters. The Kier molecular flexibility index (Phi) is 13.3. The third kappa shape index (κ3) is 9.97. The van der Waals surface area contributed by atoms with Crippen LogP contribution in [0.2, 0.25) is 0 Å². The Bertz CT molecular complexity index is 1190. The lowest BCUT2D eigenvalue weighted by molar-refractivity contribution is -0.132. The van der Waals surface area contributed by atoms with E-state index in [2.05, 4.69) is 6.92 Å². The van der Waals surface area contributed by atoms with Crippen molar-refractivity contribution in [2.45, 2.75) is 52.0 Å². The van der Waals surface area contributed by atoms with Gasteiger partial charge in [-0.25, -0.2) is 0 Å². The Morgan fingerprint density at radius 1 is 0.805 bits per heavy atom. The molecule has 2 aromatic carbocycles. The normalized spacial score (nSPS) is 10.8. The summed E-state index contributed by atoms with van der Waals surface area (Å²) in [4.78, 5) is 30.4. The third-order valence-corrected chi connectivity index (χ3v) is 7.10. The number of aryl methyl sites for hydroxylation is 1. The van der Waals surface area contributed by atoms with Gasteiger partial charge in [0.1, 0.15) is 12.3 Å². The van der Waals surface area contributed by atoms with Gasteiger partial charge in [-0.15, -0.1) is 0 Å². The lowest BCUT2D eigenvalue weighted by Crippen LogP contribution is -2.44. The van der Waals surface area contributed by atoms with Crippen LogP contribution in [-0.4, -0.2) is 69.2 Å². The number of hydrogen-bond acceptors (Lipinski definition) is 6. The molecule has 8 nitrogen and oxygen atoms in total. The highest BCUT2D eigenvalue weighted by atomic mass is 16.5. The molecule has 3 rings (SSSR count). The number of benzene rings is 2. The zero-order chi connectivity index (χ0) is 29.5. The first-order chi connectivity index (χ1) is 20.0. The first-order valence-electron chi connectivity index (χ1n) is 14.4. The molecule has 0 bridgehead atoms. The van der Waals surface area contributed by atoms with Gasteiger partial charge < -0.3 is 28.4 Å². The number of ether oxygens (including phenoxy) is 3. The first kappa shape index (κ1) is 31.7. The second kappa shape index (κ2) is 17.1. The zero-order valence-corrected chi connectivity index (χ0v) is 24.9. The standard InChI is InChI=1S/C33H44N2O6/c1-5-6-7-8-10-26-12-15-28(16-13-26)33(37)35(20-22-38-2)25-32(36)34(24-29-11-9-21-41-29)19-18-27-14-17-30(39-3)31(23-27)40-4/h9,11-17,21,23H,5-8,10,18-20,22,24-25H2,1-4H3. The van der Waals surface area contributed by atoms with Gasteiger partial charge in [-0.2, -0.15) is 0 Å².